The van der Waals surface area contributed by atoms with Crippen molar-refractivity contribution in [3.8, 4) is 11.8 Å². The van der Waals surface area contributed by atoms with Crippen LogP contribution >= 0.6 is 27.5 Å². The van der Waals surface area contributed by atoms with Crippen molar-refractivity contribution < 1.29 is 9.47 Å². The van der Waals surface area contributed by atoms with Crippen molar-refractivity contribution in [1.82, 2.24) is 9.97 Å². The lowest BCUT2D eigenvalue weighted by atomic mass is 10.2. The van der Waals surface area contributed by atoms with E-state index in [9.17, 15) is 0 Å². The Bertz CT molecular complexity index is 588. The molecule has 0 bridgehead atoms. The Morgan fingerprint density at radius 1 is 1.20 bits per heavy atom. The van der Waals surface area contributed by atoms with E-state index < -0.39 is 0 Å². The molecule has 106 valence electrons. The third-order valence-electron chi connectivity index (χ3n) is 2.64. The van der Waals surface area contributed by atoms with E-state index in [-0.39, 0.29) is 0 Å². The van der Waals surface area contributed by atoms with E-state index in [4.69, 9.17) is 21.1 Å². The summed E-state index contributed by atoms with van der Waals surface area (Å²) in [6.45, 7) is 0.434. The number of rotatable bonds is 5. The van der Waals surface area contributed by atoms with Gasteiger partial charge in [0, 0.05) is 4.47 Å². The Balaban J connectivity index is 2.24. The van der Waals surface area contributed by atoms with Crippen LogP contribution in [0.25, 0.3) is 0 Å². The third-order valence-corrected chi connectivity index (χ3v) is 3.46. The average Bonchev–Trinajstić information content (AvgIpc) is 2.47. The molecule has 0 spiro atoms. The minimum atomic E-state index is 0.434. The van der Waals surface area contributed by atoms with Crippen LogP contribution in [0.1, 0.15) is 5.56 Å². The van der Waals surface area contributed by atoms with Crippen LogP contribution in [0, 0.1) is 0 Å². The molecule has 0 amide bonds. The molecule has 0 saturated carbocycles. The number of anilines is 1. The van der Waals surface area contributed by atoms with E-state index in [1.807, 2.05) is 18.2 Å². The van der Waals surface area contributed by atoms with Crippen molar-refractivity contribution in [2.75, 3.05) is 19.5 Å². The second-order valence-electron chi connectivity index (χ2n) is 3.85. The average molecular weight is 359 g/mol. The fourth-order valence-electron chi connectivity index (χ4n) is 1.70. The van der Waals surface area contributed by atoms with Gasteiger partial charge in [-0.05, 0) is 18.2 Å². The highest BCUT2D eigenvalue weighted by atomic mass is 79.9. The first-order valence-electron chi connectivity index (χ1n) is 5.76. The fraction of sp³-hybridized carbons (Fsp3) is 0.231. The summed E-state index contributed by atoms with van der Waals surface area (Å²) in [6, 6.07) is 5.58. The summed E-state index contributed by atoms with van der Waals surface area (Å²) in [4.78, 5) is 8.12. The first-order valence-corrected chi connectivity index (χ1v) is 6.93. The lowest BCUT2D eigenvalue weighted by Gasteiger charge is -2.13. The van der Waals surface area contributed by atoms with E-state index >= 15 is 0 Å². The Hall–Kier alpha value is -1.53. The van der Waals surface area contributed by atoms with Crippen molar-refractivity contribution in [1.29, 1.82) is 0 Å². The van der Waals surface area contributed by atoms with Crippen molar-refractivity contribution in [3.05, 3.63) is 39.6 Å². The highest BCUT2D eigenvalue weighted by Gasteiger charge is 2.13. The van der Waals surface area contributed by atoms with E-state index in [1.165, 1.54) is 6.33 Å². The van der Waals surface area contributed by atoms with Crippen LogP contribution in [0.5, 0.6) is 11.8 Å². The van der Waals surface area contributed by atoms with Gasteiger partial charge in [0.25, 0.3) is 0 Å². The smallest absolute Gasteiger partial charge is 0.225 e. The predicted octanol–water partition coefficient (Wildman–Crippen LogP) is 3.52. The highest BCUT2D eigenvalue weighted by molar-refractivity contribution is 9.10. The van der Waals surface area contributed by atoms with Gasteiger partial charge in [-0.1, -0.05) is 27.5 Å². The number of aromatic nitrogens is 2. The van der Waals surface area contributed by atoms with Gasteiger partial charge in [-0.2, -0.15) is 0 Å². The number of nitrogens with zero attached hydrogens (tertiary/aromatic N) is 2. The van der Waals surface area contributed by atoms with Crippen LogP contribution in [-0.2, 0) is 6.54 Å². The first-order chi connectivity index (χ1) is 9.65. The molecule has 0 aliphatic carbocycles. The Morgan fingerprint density at radius 2 is 1.85 bits per heavy atom. The van der Waals surface area contributed by atoms with Crippen LogP contribution < -0.4 is 14.8 Å². The van der Waals surface area contributed by atoms with Gasteiger partial charge in [-0.15, -0.1) is 0 Å². The molecule has 1 aromatic carbocycles. The standard InChI is InChI=1S/C13H13BrClN3O2/c1-19-12-9(13(20-2)18-7-17-12)6-16-11-5-8(14)3-4-10(11)15/h3-5,7,16H,6H2,1-2H3. The SMILES string of the molecule is COc1ncnc(OC)c1CNc1cc(Br)ccc1Cl. The summed E-state index contributed by atoms with van der Waals surface area (Å²) < 4.78 is 11.4. The van der Waals surface area contributed by atoms with Gasteiger partial charge >= 0.3 is 0 Å². The number of nitrogens with one attached hydrogen (secondary N) is 1. The molecular formula is C13H13BrClN3O2. The number of methoxy groups -OCH3 is 2. The van der Waals surface area contributed by atoms with E-state index in [0.29, 0.717) is 23.3 Å². The molecule has 0 radical (unpaired) electrons. The molecule has 2 rings (SSSR count). The summed E-state index contributed by atoms with van der Waals surface area (Å²) in [5.74, 6) is 0.936. The Morgan fingerprint density at radius 3 is 2.45 bits per heavy atom. The monoisotopic (exact) mass is 357 g/mol. The quantitative estimate of drug-likeness (QED) is 0.886. The molecule has 1 aromatic heterocycles. The van der Waals surface area contributed by atoms with Crippen molar-refractivity contribution in [3.63, 3.8) is 0 Å². The molecule has 1 N–H and O–H groups in total. The molecule has 5 nitrogen and oxygen atoms in total. The number of halogens is 2. The maximum Gasteiger partial charge on any atom is 0.225 e. The van der Waals surface area contributed by atoms with Gasteiger partial charge in [-0.25, -0.2) is 9.97 Å². The molecule has 1 heterocycles. The zero-order valence-electron chi connectivity index (χ0n) is 11.0. The Kier molecular flexibility index (Phi) is 5.03. The maximum atomic E-state index is 6.13. The van der Waals surface area contributed by atoms with Crippen LogP contribution in [-0.4, -0.2) is 24.2 Å². The minimum Gasteiger partial charge on any atom is -0.481 e. The zero-order chi connectivity index (χ0) is 14.5. The summed E-state index contributed by atoms with van der Waals surface area (Å²) in [6.07, 6.45) is 1.40. The van der Waals surface area contributed by atoms with Crippen LogP contribution in [0.4, 0.5) is 5.69 Å². The molecule has 0 atom stereocenters. The predicted molar refractivity (Wildman–Crippen MR) is 81.6 cm³/mol. The second-order valence-corrected chi connectivity index (χ2v) is 5.17. The van der Waals surface area contributed by atoms with Gasteiger partial charge in [-0.3, -0.25) is 0 Å². The number of hydrogen-bond donors (Lipinski definition) is 1. The molecule has 0 fully saturated rings. The number of benzene rings is 1. The van der Waals surface area contributed by atoms with Gasteiger partial charge in [0.2, 0.25) is 11.8 Å². The molecule has 20 heavy (non-hydrogen) atoms. The molecular weight excluding hydrogens is 346 g/mol. The third kappa shape index (κ3) is 3.32. The number of hydrogen-bond acceptors (Lipinski definition) is 5. The van der Waals surface area contributed by atoms with Gasteiger partial charge in [0.15, 0.2) is 0 Å². The molecule has 0 saturated heterocycles. The van der Waals surface area contributed by atoms with E-state index in [2.05, 4.69) is 31.2 Å². The van der Waals surface area contributed by atoms with E-state index in [1.54, 1.807) is 14.2 Å². The molecule has 7 heteroatoms. The van der Waals surface area contributed by atoms with Crippen LogP contribution in [0.15, 0.2) is 29.0 Å². The van der Waals surface area contributed by atoms with Crippen molar-refractivity contribution >= 4 is 33.2 Å². The lowest BCUT2D eigenvalue weighted by Crippen LogP contribution is -2.07. The van der Waals surface area contributed by atoms with Gasteiger partial charge in [0.05, 0.1) is 37.0 Å². The topological polar surface area (TPSA) is 56.3 Å². The maximum absolute atomic E-state index is 6.13. The molecule has 0 unspecified atom stereocenters. The lowest BCUT2D eigenvalue weighted by molar-refractivity contribution is 0.363. The van der Waals surface area contributed by atoms with E-state index in [0.717, 1.165) is 15.7 Å². The largest absolute Gasteiger partial charge is 0.481 e. The first kappa shape index (κ1) is 14.9. The summed E-state index contributed by atoms with van der Waals surface area (Å²) in [5.41, 5.74) is 1.53. The van der Waals surface area contributed by atoms with Crippen molar-refractivity contribution in [2.45, 2.75) is 6.54 Å². The van der Waals surface area contributed by atoms with Crippen LogP contribution in [0.2, 0.25) is 5.02 Å². The Labute approximate surface area is 130 Å². The second kappa shape index (κ2) is 6.76. The van der Waals surface area contributed by atoms with Gasteiger partial charge < -0.3 is 14.8 Å². The minimum absolute atomic E-state index is 0.434. The van der Waals surface area contributed by atoms with Crippen molar-refractivity contribution in [2.24, 2.45) is 0 Å². The van der Waals surface area contributed by atoms with Crippen LogP contribution in [0.3, 0.4) is 0 Å². The normalized spacial score (nSPS) is 10.2. The fourth-order valence-corrected chi connectivity index (χ4v) is 2.25. The van der Waals surface area contributed by atoms with Gasteiger partial charge in [0.1, 0.15) is 6.33 Å². The number of ether oxygens (including phenoxy) is 2. The summed E-state index contributed by atoms with van der Waals surface area (Å²) >= 11 is 9.54. The molecule has 2 aromatic rings. The highest BCUT2D eigenvalue weighted by Crippen LogP contribution is 2.29. The molecule has 0 aliphatic rings. The molecule has 0 aliphatic heterocycles. The summed E-state index contributed by atoms with van der Waals surface area (Å²) in [5, 5.41) is 3.85. The summed E-state index contributed by atoms with van der Waals surface area (Å²) in [7, 11) is 3.11. The zero-order valence-corrected chi connectivity index (χ0v) is 13.3.